The minimum atomic E-state index is -0.469. The van der Waals surface area contributed by atoms with Crippen molar-refractivity contribution in [2.75, 3.05) is 32.9 Å². The second-order valence-corrected chi connectivity index (χ2v) is 8.92. The molecule has 3 aromatic rings. The van der Waals surface area contributed by atoms with Crippen LogP contribution < -0.4 is 9.47 Å². The first-order valence-electron chi connectivity index (χ1n) is 11.5. The Kier molecular flexibility index (Phi) is 6.24. The number of benzene rings is 3. The maximum atomic E-state index is 14.1. The van der Waals surface area contributed by atoms with E-state index < -0.39 is 6.10 Å². The highest BCUT2D eigenvalue weighted by Crippen LogP contribution is 2.47. The van der Waals surface area contributed by atoms with Gasteiger partial charge >= 0.3 is 0 Å². The molecule has 0 spiro atoms. The first-order chi connectivity index (χ1) is 16.5. The summed E-state index contributed by atoms with van der Waals surface area (Å²) >= 11 is 0. The number of alkyl halides is 1. The van der Waals surface area contributed by atoms with Crippen molar-refractivity contribution in [2.24, 2.45) is 5.92 Å². The van der Waals surface area contributed by atoms with Crippen molar-refractivity contribution in [3.8, 4) is 17.2 Å². The Morgan fingerprint density at radius 2 is 1.85 bits per heavy atom. The number of rotatable bonds is 7. The van der Waals surface area contributed by atoms with E-state index in [0.29, 0.717) is 12.4 Å². The Labute approximate surface area is 198 Å². The molecule has 0 bridgehead atoms. The summed E-state index contributed by atoms with van der Waals surface area (Å²) in [5, 5.41) is 9.97. The number of fused-ring (bicyclic) bond motifs is 1. The quantitative estimate of drug-likeness (QED) is 0.476. The third kappa shape index (κ3) is 4.50. The normalized spacial score (nSPS) is 18.3. The van der Waals surface area contributed by atoms with Crippen LogP contribution in [0.2, 0.25) is 0 Å². The van der Waals surface area contributed by atoms with Gasteiger partial charge in [-0.05, 0) is 60.0 Å². The fourth-order valence-electron chi connectivity index (χ4n) is 4.69. The second-order valence-electron chi connectivity index (χ2n) is 8.92. The third-order valence-corrected chi connectivity index (χ3v) is 6.53. The second kappa shape index (κ2) is 9.47. The highest BCUT2D eigenvalue weighted by molar-refractivity contribution is 5.95. The number of phenols is 1. The summed E-state index contributed by atoms with van der Waals surface area (Å²) in [4.78, 5) is 2.18. The molecule has 1 saturated heterocycles. The highest BCUT2D eigenvalue weighted by Gasteiger charge is 2.30. The van der Waals surface area contributed by atoms with Gasteiger partial charge < -0.3 is 14.6 Å². The first kappa shape index (κ1) is 22.4. The van der Waals surface area contributed by atoms with E-state index in [1.807, 2.05) is 43.3 Å². The van der Waals surface area contributed by atoms with Crippen molar-refractivity contribution in [3.05, 3.63) is 89.2 Å². The molecule has 2 heterocycles. The minimum Gasteiger partial charge on any atom is -0.508 e. The molecule has 0 aliphatic carbocycles. The molecular formula is C28H27F2NO3. The molecule has 1 fully saturated rings. The fourth-order valence-corrected chi connectivity index (χ4v) is 4.69. The van der Waals surface area contributed by atoms with Crippen molar-refractivity contribution in [2.45, 2.75) is 13.0 Å². The molecule has 0 radical (unpaired) electrons. The van der Waals surface area contributed by atoms with E-state index in [0.717, 1.165) is 53.2 Å². The highest BCUT2D eigenvalue weighted by atomic mass is 19.1. The summed E-state index contributed by atoms with van der Waals surface area (Å²) in [6, 6.07) is 19.3. The van der Waals surface area contributed by atoms with Crippen LogP contribution in [-0.4, -0.2) is 42.9 Å². The smallest absolute Gasteiger partial charge is 0.150 e. The Balaban J connectivity index is 1.38. The average molecular weight is 464 g/mol. The van der Waals surface area contributed by atoms with Crippen LogP contribution in [0.25, 0.3) is 11.1 Å². The lowest BCUT2D eigenvalue weighted by atomic mass is 9.86. The van der Waals surface area contributed by atoms with E-state index in [4.69, 9.17) is 9.47 Å². The molecule has 4 nitrogen and oxygen atoms in total. The molecule has 176 valence electrons. The minimum absolute atomic E-state index is 0.128. The van der Waals surface area contributed by atoms with Crippen LogP contribution in [0.3, 0.4) is 0 Å². The lowest BCUT2D eigenvalue weighted by Gasteiger charge is -2.37. The van der Waals surface area contributed by atoms with Crippen LogP contribution in [0.15, 0.2) is 66.7 Å². The summed E-state index contributed by atoms with van der Waals surface area (Å²) in [5.74, 6) is 1.32. The molecule has 1 unspecified atom stereocenters. The zero-order chi connectivity index (χ0) is 23.7. The summed E-state index contributed by atoms with van der Waals surface area (Å²) in [6.07, 6.45) is -0.469. The molecule has 1 atom stereocenters. The van der Waals surface area contributed by atoms with Crippen molar-refractivity contribution in [1.82, 2.24) is 4.90 Å². The molecule has 5 rings (SSSR count). The van der Waals surface area contributed by atoms with Crippen molar-refractivity contribution in [3.63, 3.8) is 0 Å². The van der Waals surface area contributed by atoms with Gasteiger partial charge in [-0.15, -0.1) is 0 Å². The number of ether oxygens (including phenoxy) is 2. The predicted molar refractivity (Wildman–Crippen MR) is 128 cm³/mol. The molecule has 34 heavy (non-hydrogen) atoms. The number of likely N-dealkylation sites (tertiary alicyclic amines) is 1. The monoisotopic (exact) mass is 463 g/mol. The maximum absolute atomic E-state index is 14.1. The van der Waals surface area contributed by atoms with Crippen LogP contribution in [0.5, 0.6) is 17.2 Å². The Morgan fingerprint density at radius 3 is 2.59 bits per heavy atom. The maximum Gasteiger partial charge on any atom is 0.150 e. The lowest BCUT2D eigenvalue weighted by Crippen LogP contribution is -2.49. The van der Waals surface area contributed by atoms with Gasteiger partial charge in [0.05, 0.1) is 6.67 Å². The van der Waals surface area contributed by atoms with Gasteiger partial charge in [-0.25, -0.2) is 4.39 Å². The van der Waals surface area contributed by atoms with E-state index in [-0.39, 0.29) is 24.2 Å². The predicted octanol–water partition coefficient (Wildman–Crippen LogP) is 5.88. The standard InChI is InChI=1S/C28H27F2NO3/c1-18-25-10-7-23(32)14-26(25)34-28(27(18)21-3-2-4-22(30)13-21)20-5-8-24(9-6-20)33-12-11-31-16-19(15-29)17-31/h2-10,13-14,19,28,32H,11-12,15-17H2,1H3. The fraction of sp³-hybridized carbons (Fsp3) is 0.286. The van der Waals surface area contributed by atoms with Crippen molar-refractivity contribution < 1.29 is 23.4 Å². The zero-order valence-electron chi connectivity index (χ0n) is 19.0. The van der Waals surface area contributed by atoms with Crippen molar-refractivity contribution in [1.29, 1.82) is 0 Å². The van der Waals surface area contributed by atoms with E-state index in [2.05, 4.69) is 4.90 Å². The summed E-state index contributed by atoms with van der Waals surface area (Å²) < 4.78 is 38.9. The van der Waals surface area contributed by atoms with Gasteiger partial charge in [-0.1, -0.05) is 24.3 Å². The van der Waals surface area contributed by atoms with Crippen LogP contribution in [0, 0.1) is 11.7 Å². The van der Waals surface area contributed by atoms with Gasteiger partial charge in [0.2, 0.25) is 0 Å². The molecule has 2 aliphatic rings. The summed E-state index contributed by atoms with van der Waals surface area (Å²) in [5.41, 5.74) is 4.37. The third-order valence-electron chi connectivity index (χ3n) is 6.53. The van der Waals surface area contributed by atoms with E-state index in [9.17, 15) is 13.9 Å². The Bertz CT molecular complexity index is 1200. The van der Waals surface area contributed by atoms with Gasteiger partial charge in [0.25, 0.3) is 0 Å². The lowest BCUT2D eigenvalue weighted by molar-refractivity contribution is 0.0668. The zero-order valence-corrected chi connectivity index (χ0v) is 19.0. The molecule has 0 amide bonds. The number of hydrogen-bond acceptors (Lipinski definition) is 4. The first-order valence-corrected chi connectivity index (χ1v) is 11.5. The van der Waals surface area contributed by atoms with E-state index >= 15 is 0 Å². The van der Waals surface area contributed by atoms with Crippen LogP contribution in [0.4, 0.5) is 8.78 Å². The summed E-state index contributed by atoms with van der Waals surface area (Å²) in [7, 11) is 0. The Morgan fingerprint density at radius 1 is 1.06 bits per heavy atom. The largest absolute Gasteiger partial charge is 0.508 e. The molecular weight excluding hydrogens is 436 g/mol. The topological polar surface area (TPSA) is 41.9 Å². The average Bonchev–Trinajstić information content (AvgIpc) is 2.80. The number of nitrogens with zero attached hydrogens (tertiary/aromatic N) is 1. The number of allylic oxidation sites excluding steroid dienone is 1. The number of hydrogen-bond donors (Lipinski definition) is 1. The molecule has 0 saturated carbocycles. The van der Waals surface area contributed by atoms with E-state index in [1.165, 1.54) is 12.1 Å². The molecule has 6 heteroatoms. The van der Waals surface area contributed by atoms with Gasteiger partial charge in [0.15, 0.2) is 0 Å². The van der Waals surface area contributed by atoms with Crippen LogP contribution >= 0.6 is 0 Å². The molecule has 0 aromatic heterocycles. The van der Waals surface area contributed by atoms with Gasteiger partial charge in [-0.3, -0.25) is 9.29 Å². The Hall–Kier alpha value is -3.38. The van der Waals surface area contributed by atoms with Crippen LogP contribution in [0.1, 0.15) is 29.7 Å². The van der Waals surface area contributed by atoms with Gasteiger partial charge in [-0.2, -0.15) is 0 Å². The van der Waals surface area contributed by atoms with Crippen molar-refractivity contribution >= 4 is 11.1 Å². The number of aromatic hydroxyl groups is 1. The van der Waals surface area contributed by atoms with Crippen LogP contribution in [-0.2, 0) is 0 Å². The number of halogens is 2. The molecule has 3 aromatic carbocycles. The number of phenolic OH excluding ortho intramolecular Hbond substituents is 1. The van der Waals surface area contributed by atoms with E-state index in [1.54, 1.807) is 18.2 Å². The summed E-state index contributed by atoms with van der Waals surface area (Å²) in [6.45, 7) is 4.64. The van der Waals surface area contributed by atoms with Gasteiger partial charge in [0.1, 0.15) is 35.8 Å². The van der Waals surface area contributed by atoms with Gasteiger partial charge in [0, 0.05) is 42.8 Å². The SMILES string of the molecule is CC1=C(c2cccc(F)c2)C(c2ccc(OCCN3CC(CF)C3)cc2)Oc2cc(O)ccc21. The molecule has 1 N–H and O–H groups in total. The molecule has 2 aliphatic heterocycles.